The summed E-state index contributed by atoms with van der Waals surface area (Å²) in [5, 5.41) is 8.02. The number of nitrogens with one attached hydrogen (secondary N) is 1. The number of H-pyrrole nitrogens is 1. The summed E-state index contributed by atoms with van der Waals surface area (Å²) < 4.78 is 0. The van der Waals surface area contributed by atoms with Gasteiger partial charge in [-0.25, -0.2) is 0 Å². The van der Waals surface area contributed by atoms with Crippen molar-refractivity contribution in [3.63, 3.8) is 0 Å². The van der Waals surface area contributed by atoms with Crippen LogP contribution in [0.1, 0.15) is 36.2 Å². The first-order chi connectivity index (χ1) is 10.4. The van der Waals surface area contributed by atoms with Crippen molar-refractivity contribution < 1.29 is 4.79 Å². The largest absolute Gasteiger partial charge is 0.332 e. The standard InChI is InChI=1S/C16H20N4O/c21-16(15-13-7-3-4-8-14(13)18-19-15)20-11-6-2-1-5-9-17-10-12-20/h3-4,7-8,10H,1-2,5-6,9,11-12H2,(H,18,19). The van der Waals surface area contributed by atoms with Crippen molar-refractivity contribution in [1.29, 1.82) is 0 Å². The number of aromatic amines is 1. The second-order valence-corrected chi connectivity index (χ2v) is 5.37. The van der Waals surface area contributed by atoms with Gasteiger partial charge in [-0.3, -0.25) is 14.9 Å². The number of rotatable bonds is 1. The molecule has 5 nitrogen and oxygen atoms in total. The van der Waals surface area contributed by atoms with Gasteiger partial charge in [-0.2, -0.15) is 5.10 Å². The summed E-state index contributed by atoms with van der Waals surface area (Å²) >= 11 is 0. The molecule has 1 aliphatic heterocycles. The van der Waals surface area contributed by atoms with E-state index in [9.17, 15) is 4.79 Å². The van der Waals surface area contributed by atoms with Crippen molar-refractivity contribution in [3.05, 3.63) is 30.0 Å². The van der Waals surface area contributed by atoms with Crippen LogP contribution in [0.5, 0.6) is 0 Å². The van der Waals surface area contributed by atoms with Crippen LogP contribution >= 0.6 is 0 Å². The first-order valence-electron chi connectivity index (χ1n) is 7.57. The Labute approximate surface area is 124 Å². The molecule has 2 aromatic rings. The van der Waals surface area contributed by atoms with Crippen LogP contribution in [-0.2, 0) is 0 Å². The number of nitrogens with zero attached hydrogens (tertiary/aromatic N) is 3. The van der Waals surface area contributed by atoms with Crippen molar-refractivity contribution in [3.8, 4) is 0 Å². The van der Waals surface area contributed by atoms with E-state index in [1.54, 1.807) is 0 Å². The van der Waals surface area contributed by atoms with Gasteiger partial charge >= 0.3 is 0 Å². The zero-order chi connectivity index (χ0) is 14.5. The highest BCUT2D eigenvalue weighted by molar-refractivity contribution is 6.05. The van der Waals surface area contributed by atoms with E-state index in [2.05, 4.69) is 15.2 Å². The molecule has 0 fully saturated rings. The van der Waals surface area contributed by atoms with Crippen LogP contribution in [0, 0.1) is 0 Å². The van der Waals surface area contributed by atoms with Gasteiger partial charge in [0.25, 0.3) is 5.91 Å². The maximum Gasteiger partial charge on any atom is 0.275 e. The number of fused-ring (bicyclic) bond motifs is 1. The fraction of sp³-hybridized carbons (Fsp3) is 0.438. The highest BCUT2D eigenvalue weighted by Gasteiger charge is 2.20. The molecule has 2 heterocycles. The Hall–Kier alpha value is -2.17. The molecule has 21 heavy (non-hydrogen) atoms. The van der Waals surface area contributed by atoms with Gasteiger partial charge in [-0.05, 0) is 18.9 Å². The van der Waals surface area contributed by atoms with E-state index >= 15 is 0 Å². The lowest BCUT2D eigenvalue weighted by atomic mass is 10.1. The van der Waals surface area contributed by atoms with Crippen molar-refractivity contribution in [2.45, 2.75) is 25.7 Å². The first-order valence-corrected chi connectivity index (χ1v) is 7.57. The average Bonchev–Trinajstić information content (AvgIpc) is 2.96. The normalized spacial score (nSPS) is 17.0. The fourth-order valence-corrected chi connectivity index (χ4v) is 2.66. The van der Waals surface area contributed by atoms with Gasteiger partial charge in [0, 0.05) is 24.7 Å². The number of aliphatic imine (C=N–C) groups is 1. The molecule has 0 bridgehead atoms. The van der Waals surface area contributed by atoms with Gasteiger partial charge in [0.15, 0.2) is 5.69 Å². The number of carbonyl (C=O) groups excluding carboxylic acids is 1. The van der Waals surface area contributed by atoms with Crippen LogP contribution in [-0.4, -0.2) is 46.9 Å². The van der Waals surface area contributed by atoms with Gasteiger partial charge in [0.1, 0.15) is 0 Å². The van der Waals surface area contributed by atoms with Crippen LogP contribution in [0.3, 0.4) is 0 Å². The molecule has 1 aliphatic rings. The van der Waals surface area contributed by atoms with Crippen LogP contribution in [0.15, 0.2) is 29.3 Å². The van der Waals surface area contributed by atoms with E-state index in [1.807, 2.05) is 35.4 Å². The molecule has 3 rings (SSSR count). The molecule has 5 heteroatoms. The number of amides is 1. The molecule has 1 aromatic heterocycles. The summed E-state index contributed by atoms with van der Waals surface area (Å²) in [6.07, 6.45) is 6.39. The predicted molar refractivity (Wildman–Crippen MR) is 83.8 cm³/mol. The quantitative estimate of drug-likeness (QED) is 0.875. The number of para-hydroxylation sites is 1. The van der Waals surface area contributed by atoms with Gasteiger partial charge in [-0.1, -0.05) is 31.0 Å². The monoisotopic (exact) mass is 284 g/mol. The van der Waals surface area contributed by atoms with E-state index in [4.69, 9.17) is 0 Å². The van der Waals surface area contributed by atoms with Gasteiger partial charge < -0.3 is 4.90 Å². The number of benzene rings is 1. The van der Waals surface area contributed by atoms with Crippen molar-refractivity contribution in [2.75, 3.05) is 19.6 Å². The third-order valence-corrected chi connectivity index (χ3v) is 3.86. The van der Waals surface area contributed by atoms with E-state index in [0.717, 1.165) is 43.3 Å². The number of hydrogen-bond acceptors (Lipinski definition) is 3. The first kappa shape index (κ1) is 13.8. The minimum Gasteiger partial charge on any atom is -0.332 e. The number of hydrogen-bond donors (Lipinski definition) is 1. The molecule has 110 valence electrons. The average molecular weight is 284 g/mol. The van der Waals surface area contributed by atoms with Gasteiger partial charge in [0.2, 0.25) is 0 Å². The summed E-state index contributed by atoms with van der Waals surface area (Å²) in [7, 11) is 0. The predicted octanol–water partition coefficient (Wildman–Crippen LogP) is 2.65. The molecule has 1 amide bonds. The molecule has 0 spiro atoms. The molecular weight excluding hydrogens is 264 g/mol. The molecule has 1 N–H and O–H groups in total. The zero-order valence-corrected chi connectivity index (χ0v) is 12.1. The molecule has 0 saturated carbocycles. The second-order valence-electron chi connectivity index (χ2n) is 5.37. The highest BCUT2D eigenvalue weighted by atomic mass is 16.2. The molecule has 0 unspecified atom stereocenters. The summed E-state index contributed by atoms with van der Waals surface area (Å²) in [5.41, 5.74) is 1.41. The number of carbonyl (C=O) groups is 1. The Morgan fingerprint density at radius 1 is 1.14 bits per heavy atom. The Morgan fingerprint density at radius 2 is 2.00 bits per heavy atom. The van der Waals surface area contributed by atoms with E-state index in [1.165, 1.54) is 6.42 Å². The maximum atomic E-state index is 12.7. The Kier molecular flexibility index (Phi) is 4.28. The molecule has 0 saturated heterocycles. The van der Waals surface area contributed by atoms with E-state index < -0.39 is 0 Å². The minimum absolute atomic E-state index is 0.0144. The lowest BCUT2D eigenvalue weighted by Crippen LogP contribution is -2.34. The van der Waals surface area contributed by atoms with Crippen molar-refractivity contribution >= 4 is 23.0 Å². The summed E-state index contributed by atoms with van der Waals surface area (Å²) in [4.78, 5) is 18.9. The molecule has 1 aromatic carbocycles. The second kappa shape index (κ2) is 6.52. The smallest absolute Gasteiger partial charge is 0.275 e. The van der Waals surface area contributed by atoms with Crippen LogP contribution in [0.25, 0.3) is 10.9 Å². The molecular formula is C16H20N4O. The van der Waals surface area contributed by atoms with Gasteiger partial charge in [0.05, 0.1) is 12.1 Å². The maximum absolute atomic E-state index is 12.7. The lowest BCUT2D eigenvalue weighted by molar-refractivity contribution is 0.0774. The summed E-state index contributed by atoms with van der Waals surface area (Å²) in [5.74, 6) is -0.0144. The third-order valence-electron chi connectivity index (χ3n) is 3.86. The van der Waals surface area contributed by atoms with Crippen LogP contribution < -0.4 is 0 Å². The fourth-order valence-electron chi connectivity index (χ4n) is 2.66. The van der Waals surface area contributed by atoms with E-state index in [0.29, 0.717) is 12.2 Å². The summed E-state index contributed by atoms with van der Waals surface area (Å²) in [6, 6.07) is 7.73. The summed E-state index contributed by atoms with van der Waals surface area (Å²) in [6.45, 7) is 2.21. The highest BCUT2D eigenvalue weighted by Crippen LogP contribution is 2.17. The Morgan fingerprint density at radius 3 is 2.95 bits per heavy atom. The van der Waals surface area contributed by atoms with Crippen LogP contribution in [0.4, 0.5) is 0 Å². The SMILES string of the molecule is O=C(c1n[nH]c2ccccc12)N1CC=NCCCCCC1. The van der Waals surface area contributed by atoms with Crippen molar-refractivity contribution in [1.82, 2.24) is 15.1 Å². The lowest BCUT2D eigenvalue weighted by Gasteiger charge is -2.20. The molecule has 0 aliphatic carbocycles. The minimum atomic E-state index is -0.0144. The van der Waals surface area contributed by atoms with Gasteiger partial charge in [-0.15, -0.1) is 0 Å². The van der Waals surface area contributed by atoms with Crippen molar-refractivity contribution in [2.24, 2.45) is 4.99 Å². The molecule has 0 atom stereocenters. The van der Waals surface area contributed by atoms with Crippen LogP contribution in [0.2, 0.25) is 0 Å². The third kappa shape index (κ3) is 3.12. The number of aromatic nitrogens is 2. The molecule has 0 radical (unpaired) electrons. The Bertz CT molecular complexity index is 647. The Balaban J connectivity index is 1.83. The topological polar surface area (TPSA) is 61.4 Å². The van der Waals surface area contributed by atoms with E-state index in [-0.39, 0.29) is 5.91 Å². The zero-order valence-electron chi connectivity index (χ0n) is 12.1.